The summed E-state index contributed by atoms with van der Waals surface area (Å²) in [5.41, 5.74) is 2.24. The third kappa shape index (κ3) is 4.03. The molecule has 0 fully saturated rings. The van der Waals surface area contributed by atoms with E-state index < -0.39 is 0 Å². The van der Waals surface area contributed by atoms with Gasteiger partial charge in [0.1, 0.15) is 0 Å². The van der Waals surface area contributed by atoms with Crippen molar-refractivity contribution in [2.45, 2.75) is 0 Å². The number of rotatable bonds is 4. The van der Waals surface area contributed by atoms with Crippen LogP contribution in [0, 0.1) is 0 Å². The fraction of sp³-hybridized carbons (Fsp3) is 0.0625. The first kappa shape index (κ1) is 16.7. The Labute approximate surface area is 152 Å². The Kier molecular flexibility index (Phi) is 4.99. The molecule has 0 atom stereocenters. The van der Waals surface area contributed by atoms with Gasteiger partial charge in [0.15, 0.2) is 5.13 Å². The Morgan fingerprint density at radius 1 is 1.38 bits per heavy atom. The third-order valence-electron chi connectivity index (χ3n) is 3.09. The topological polar surface area (TPSA) is 59.8 Å². The molecule has 0 saturated carbocycles. The van der Waals surface area contributed by atoms with Crippen molar-refractivity contribution < 1.29 is 4.79 Å². The average molecular weight is 379 g/mol. The van der Waals surface area contributed by atoms with Crippen molar-refractivity contribution in [3.8, 4) is 11.3 Å². The highest BCUT2D eigenvalue weighted by Crippen LogP contribution is 2.32. The van der Waals surface area contributed by atoms with Crippen molar-refractivity contribution in [2.75, 3.05) is 5.32 Å². The molecule has 0 aliphatic carbocycles. The summed E-state index contributed by atoms with van der Waals surface area (Å²) < 4.78 is 1.67. The normalized spacial score (nSPS) is 11.1. The first-order valence-corrected chi connectivity index (χ1v) is 8.53. The molecule has 2 aromatic heterocycles. The number of hydrogen-bond donors (Lipinski definition) is 1. The number of carbonyl (C=O) groups is 1. The Bertz CT molecular complexity index is 916. The minimum absolute atomic E-state index is 0.267. The molecular weight excluding hydrogens is 367 g/mol. The Morgan fingerprint density at radius 3 is 2.96 bits per heavy atom. The molecule has 24 heavy (non-hydrogen) atoms. The summed E-state index contributed by atoms with van der Waals surface area (Å²) in [4.78, 5) is 16.3. The predicted octanol–water partition coefficient (Wildman–Crippen LogP) is 4.50. The zero-order chi connectivity index (χ0) is 17.1. The largest absolute Gasteiger partial charge is 0.298 e. The van der Waals surface area contributed by atoms with E-state index in [1.807, 2.05) is 18.6 Å². The molecule has 2 heterocycles. The number of anilines is 1. The van der Waals surface area contributed by atoms with Gasteiger partial charge in [-0.1, -0.05) is 23.2 Å². The fourth-order valence-electron chi connectivity index (χ4n) is 1.99. The van der Waals surface area contributed by atoms with E-state index in [0.29, 0.717) is 20.9 Å². The van der Waals surface area contributed by atoms with E-state index in [2.05, 4.69) is 15.4 Å². The number of benzene rings is 1. The summed E-state index contributed by atoms with van der Waals surface area (Å²) in [5.74, 6) is -0.267. The Hall–Kier alpha value is -2.15. The van der Waals surface area contributed by atoms with Gasteiger partial charge in [0.05, 0.1) is 16.9 Å². The molecule has 0 radical (unpaired) electrons. The van der Waals surface area contributed by atoms with E-state index in [0.717, 1.165) is 11.1 Å². The molecule has 0 saturated heterocycles. The molecule has 1 aromatic carbocycles. The van der Waals surface area contributed by atoms with Crippen LogP contribution in [0.5, 0.6) is 0 Å². The maximum absolute atomic E-state index is 12.0. The van der Waals surface area contributed by atoms with Gasteiger partial charge < -0.3 is 0 Å². The second kappa shape index (κ2) is 7.17. The van der Waals surface area contributed by atoms with Crippen molar-refractivity contribution in [3.63, 3.8) is 0 Å². The number of nitrogens with one attached hydrogen (secondary N) is 1. The van der Waals surface area contributed by atoms with Crippen LogP contribution in [0.3, 0.4) is 0 Å². The van der Waals surface area contributed by atoms with E-state index in [-0.39, 0.29) is 5.91 Å². The first-order chi connectivity index (χ1) is 11.5. The van der Waals surface area contributed by atoms with Crippen molar-refractivity contribution in [2.24, 2.45) is 7.05 Å². The number of hydrogen-bond acceptors (Lipinski definition) is 4. The lowest BCUT2D eigenvalue weighted by atomic mass is 10.2. The van der Waals surface area contributed by atoms with Crippen LogP contribution >= 0.6 is 34.5 Å². The standard InChI is InChI=1S/C16H12Cl2N4OS/c1-22-8-10(7-19-22)2-5-15(23)21-16-20-14(9-24-16)12-6-11(17)3-4-13(12)18/h2-9H,1H3,(H,20,21,23)/b5-2+. The summed E-state index contributed by atoms with van der Waals surface area (Å²) >= 11 is 13.5. The minimum Gasteiger partial charge on any atom is -0.298 e. The Morgan fingerprint density at radius 2 is 2.21 bits per heavy atom. The van der Waals surface area contributed by atoms with Gasteiger partial charge in [-0.2, -0.15) is 5.10 Å². The molecule has 0 aliphatic rings. The third-order valence-corrected chi connectivity index (χ3v) is 4.41. The predicted molar refractivity (Wildman–Crippen MR) is 98.4 cm³/mol. The summed E-state index contributed by atoms with van der Waals surface area (Å²) in [6.45, 7) is 0. The summed E-state index contributed by atoms with van der Waals surface area (Å²) in [7, 11) is 1.81. The SMILES string of the molecule is Cn1cc(/C=C/C(=O)Nc2nc(-c3cc(Cl)ccc3Cl)cs2)cn1. The van der Waals surface area contributed by atoms with Gasteiger partial charge in [0, 0.05) is 40.9 Å². The van der Waals surface area contributed by atoms with Gasteiger partial charge in [-0.3, -0.25) is 14.8 Å². The zero-order valence-corrected chi connectivity index (χ0v) is 14.9. The smallest absolute Gasteiger partial charge is 0.250 e. The van der Waals surface area contributed by atoms with Crippen LogP contribution < -0.4 is 5.32 Å². The molecule has 1 N–H and O–H groups in total. The summed E-state index contributed by atoms with van der Waals surface area (Å²) in [5, 5.41) is 10.2. The number of carbonyl (C=O) groups excluding carboxylic acids is 1. The van der Waals surface area contributed by atoms with E-state index in [9.17, 15) is 4.79 Å². The number of halogens is 2. The summed E-state index contributed by atoms with van der Waals surface area (Å²) in [6.07, 6.45) is 6.61. The van der Waals surface area contributed by atoms with Crippen LogP contribution in [0.4, 0.5) is 5.13 Å². The first-order valence-electron chi connectivity index (χ1n) is 6.90. The van der Waals surface area contributed by atoms with Gasteiger partial charge in [-0.05, 0) is 24.3 Å². The van der Waals surface area contributed by atoms with Crippen molar-refractivity contribution in [3.05, 3.63) is 57.7 Å². The molecule has 0 spiro atoms. The molecule has 0 bridgehead atoms. The molecule has 1 amide bonds. The van der Waals surface area contributed by atoms with Crippen LogP contribution in [-0.4, -0.2) is 20.7 Å². The second-order valence-corrected chi connectivity index (χ2v) is 6.63. The van der Waals surface area contributed by atoms with Crippen molar-refractivity contribution >= 4 is 51.7 Å². The lowest BCUT2D eigenvalue weighted by Crippen LogP contribution is -2.07. The maximum atomic E-state index is 12.0. The van der Waals surface area contributed by atoms with Crippen LogP contribution in [0.2, 0.25) is 10.0 Å². The molecule has 3 rings (SSSR count). The number of nitrogens with zero attached hydrogens (tertiary/aromatic N) is 3. The Balaban J connectivity index is 1.70. The van der Waals surface area contributed by atoms with Gasteiger partial charge in [0.2, 0.25) is 5.91 Å². The van der Waals surface area contributed by atoms with Gasteiger partial charge >= 0.3 is 0 Å². The highest BCUT2D eigenvalue weighted by Gasteiger charge is 2.10. The molecule has 3 aromatic rings. The van der Waals surface area contributed by atoms with E-state index in [4.69, 9.17) is 23.2 Å². The lowest BCUT2D eigenvalue weighted by Gasteiger charge is -2.01. The zero-order valence-electron chi connectivity index (χ0n) is 12.5. The van der Waals surface area contributed by atoms with Gasteiger partial charge in [-0.15, -0.1) is 11.3 Å². The lowest BCUT2D eigenvalue weighted by molar-refractivity contribution is -0.111. The molecule has 0 aliphatic heterocycles. The molecule has 122 valence electrons. The highest BCUT2D eigenvalue weighted by atomic mass is 35.5. The number of aryl methyl sites for hydroxylation is 1. The van der Waals surface area contributed by atoms with E-state index >= 15 is 0 Å². The second-order valence-electron chi connectivity index (χ2n) is 4.93. The monoisotopic (exact) mass is 378 g/mol. The van der Waals surface area contributed by atoms with E-state index in [1.54, 1.807) is 35.2 Å². The highest BCUT2D eigenvalue weighted by molar-refractivity contribution is 7.14. The van der Waals surface area contributed by atoms with Gasteiger partial charge in [-0.25, -0.2) is 4.98 Å². The summed E-state index contributed by atoms with van der Waals surface area (Å²) in [6, 6.07) is 5.17. The molecular formula is C16H12Cl2N4OS. The molecule has 0 unspecified atom stereocenters. The van der Waals surface area contributed by atoms with Crippen LogP contribution in [-0.2, 0) is 11.8 Å². The number of aromatic nitrogens is 3. The van der Waals surface area contributed by atoms with Crippen LogP contribution in [0.1, 0.15) is 5.56 Å². The number of amides is 1. The van der Waals surface area contributed by atoms with Crippen molar-refractivity contribution in [1.82, 2.24) is 14.8 Å². The van der Waals surface area contributed by atoms with Gasteiger partial charge in [0.25, 0.3) is 0 Å². The maximum Gasteiger partial charge on any atom is 0.250 e. The average Bonchev–Trinajstić information content (AvgIpc) is 3.17. The quantitative estimate of drug-likeness (QED) is 0.679. The fourth-order valence-corrected chi connectivity index (χ4v) is 3.09. The molecule has 5 nitrogen and oxygen atoms in total. The van der Waals surface area contributed by atoms with Crippen LogP contribution in [0.15, 0.2) is 42.0 Å². The molecule has 8 heteroatoms. The minimum atomic E-state index is -0.267. The van der Waals surface area contributed by atoms with E-state index in [1.165, 1.54) is 17.4 Å². The van der Waals surface area contributed by atoms with Crippen molar-refractivity contribution in [1.29, 1.82) is 0 Å². The number of thiazole rings is 1. The van der Waals surface area contributed by atoms with Crippen LogP contribution in [0.25, 0.3) is 17.3 Å².